The van der Waals surface area contributed by atoms with Gasteiger partial charge in [0.25, 0.3) is 5.91 Å². The van der Waals surface area contributed by atoms with Crippen molar-refractivity contribution in [2.75, 3.05) is 0 Å². The molecule has 4 nitrogen and oxygen atoms in total. The Bertz CT molecular complexity index is 616. The van der Waals surface area contributed by atoms with E-state index in [1.807, 2.05) is 0 Å². The van der Waals surface area contributed by atoms with Gasteiger partial charge >= 0.3 is 5.97 Å². The number of nitrogens with zero attached hydrogens (tertiary/aromatic N) is 1. The Hall–Kier alpha value is -2.12. The van der Waals surface area contributed by atoms with Crippen LogP contribution in [0.4, 0.5) is 17.6 Å². The third-order valence-corrected chi connectivity index (χ3v) is 3.28. The molecule has 21 heavy (non-hydrogen) atoms. The molecule has 1 aromatic carbocycles. The highest BCUT2D eigenvalue weighted by Crippen LogP contribution is 2.31. The molecule has 1 aliphatic carbocycles. The first kappa shape index (κ1) is 15.3. The van der Waals surface area contributed by atoms with Crippen LogP contribution in [-0.4, -0.2) is 34.0 Å². The Kier molecular flexibility index (Phi) is 3.89. The lowest BCUT2D eigenvalue weighted by molar-refractivity contribution is -0.141. The molecule has 1 fully saturated rings. The number of aliphatic carboxylic acids is 1. The van der Waals surface area contributed by atoms with Crippen LogP contribution in [0, 0.1) is 23.3 Å². The van der Waals surface area contributed by atoms with Crippen molar-refractivity contribution in [2.24, 2.45) is 0 Å². The largest absolute Gasteiger partial charge is 0.480 e. The summed E-state index contributed by atoms with van der Waals surface area (Å²) in [6, 6.07) is -1.49. The lowest BCUT2D eigenvalue weighted by Gasteiger charge is -2.26. The average Bonchev–Trinajstić information content (AvgIpc) is 3.24. The van der Waals surface area contributed by atoms with E-state index in [4.69, 9.17) is 5.11 Å². The van der Waals surface area contributed by atoms with Crippen LogP contribution in [0.25, 0.3) is 0 Å². The van der Waals surface area contributed by atoms with E-state index in [0.717, 1.165) is 4.90 Å². The highest BCUT2D eigenvalue weighted by Gasteiger charge is 2.40. The molecule has 0 aromatic heterocycles. The molecule has 1 unspecified atom stereocenters. The summed E-state index contributed by atoms with van der Waals surface area (Å²) < 4.78 is 52.8. The summed E-state index contributed by atoms with van der Waals surface area (Å²) >= 11 is 0. The zero-order valence-corrected chi connectivity index (χ0v) is 10.9. The number of hydrogen-bond acceptors (Lipinski definition) is 2. The quantitative estimate of drug-likeness (QED) is 0.527. The van der Waals surface area contributed by atoms with Crippen LogP contribution >= 0.6 is 0 Å². The summed E-state index contributed by atoms with van der Waals surface area (Å²) in [4.78, 5) is 24.0. The van der Waals surface area contributed by atoms with E-state index in [1.165, 1.54) is 6.92 Å². The fraction of sp³-hybridized carbons (Fsp3) is 0.385. The van der Waals surface area contributed by atoms with Crippen LogP contribution in [-0.2, 0) is 4.79 Å². The van der Waals surface area contributed by atoms with Crippen molar-refractivity contribution in [3.8, 4) is 0 Å². The monoisotopic (exact) mass is 305 g/mol. The van der Waals surface area contributed by atoms with Gasteiger partial charge in [-0.05, 0) is 25.8 Å². The molecule has 114 valence electrons. The van der Waals surface area contributed by atoms with Crippen LogP contribution < -0.4 is 0 Å². The second-order valence-electron chi connectivity index (χ2n) is 4.81. The van der Waals surface area contributed by atoms with Crippen LogP contribution in [0.2, 0.25) is 0 Å². The summed E-state index contributed by atoms with van der Waals surface area (Å²) in [5.41, 5.74) is -1.02. The Labute approximate surface area is 117 Å². The molecule has 1 aromatic rings. The van der Waals surface area contributed by atoms with Crippen molar-refractivity contribution in [3.05, 3.63) is 34.9 Å². The molecule has 0 bridgehead atoms. The van der Waals surface area contributed by atoms with Gasteiger partial charge in [0.05, 0.1) is 5.56 Å². The molecule has 0 saturated heterocycles. The fourth-order valence-corrected chi connectivity index (χ4v) is 2.00. The number of rotatable bonds is 4. The molecule has 8 heteroatoms. The van der Waals surface area contributed by atoms with E-state index < -0.39 is 52.8 Å². The molecule has 0 heterocycles. The number of carboxylic acid groups (broad SMARTS) is 1. The SMILES string of the molecule is CC(C(=O)O)N(C(=O)c1cc(F)c(F)c(F)c1F)C1CC1. The van der Waals surface area contributed by atoms with Crippen LogP contribution in [0.5, 0.6) is 0 Å². The Morgan fingerprint density at radius 3 is 2.24 bits per heavy atom. The van der Waals surface area contributed by atoms with E-state index in [-0.39, 0.29) is 6.07 Å². The van der Waals surface area contributed by atoms with Gasteiger partial charge in [-0.2, -0.15) is 0 Å². The third-order valence-electron chi connectivity index (χ3n) is 3.28. The normalized spacial score (nSPS) is 15.7. The highest BCUT2D eigenvalue weighted by atomic mass is 19.2. The van der Waals surface area contributed by atoms with E-state index >= 15 is 0 Å². The molecule has 2 rings (SSSR count). The number of carbonyl (C=O) groups excluding carboxylic acids is 1. The van der Waals surface area contributed by atoms with E-state index in [1.54, 1.807) is 0 Å². The van der Waals surface area contributed by atoms with Crippen LogP contribution in [0.3, 0.4) is 0 Å². The van der Waals surface area contributed by atoms with Crippen LogP contribution in [0.15, 0.2) is 6.07 Å². The van der Waals surface area contributed by atoms with Gasteiger partial charge in [-0.15, -0.1) is 0 Å². The first-order valence-electron chi connectivity index (χ1n) is 6.14. The Morgan fingerprint density at radius 1 is 1.19 bits per heavy atom. The molecule has 0 aliphatic heterocycles. The molecule has 1 amide bonds. The smallest absolute Gasteiger partial charge is 0.326 e. The van der Waals surface area contributed by atoms with Gasteiger partial charge in [0, 0.05) is 6.04 Å². The van der Waals surface area contributed by atoms with Crippen molar-refractivity contribution < 1.29 is 32.3 Å². The molecular weight excluding hydrogens is 294 g/mol. The minimum Gasteiger partial charge on any atom is -0.480 e. The Morgan fingerprint density at radius 2 is 1.76 bits per heavy atom. The van der Waals surface area contributed by atoms with E-state index in [9.17, 15) is 27.2 Å². The number of hydrogen-bond donors (Lipinski definition) is 1. The van der Waals surface area contributed by atoms with Crippen molar-refractivity contribution in [3.63, 3.8) is 0 Å². The standard InChI is InChI=1S/C13H11F4NO3/c1-5(13(20)21)18(6-2-3-6)12(19)7-4-8(14)10(16)11(17)9(7)15/h4-6H,2-3H2,1H3,(H,20,21). The first-order valence-corrected chi connectivity index (χ1v) is 6.14. The minimum atomic E-state index is -2.10. The summed E-state index contributed by atoms with van der Waals surface area (Å²) in [6.45, 7) is 1.20. The molecular formula is C13H11F4NO3. The van der Waals surface area contributed by atoms with Gasteiger partial charge in [0.2, 0.25) is 0 Å². The second-order valence-corrected chi connectivity index (χ2v) is 4.81. The van der Waals surface area contributed by atoms with Gasteiger partial charge in [-0.25, -0.2) is 22.4 Å². The zero-order chi connectivity index (χ0) is 15.9. The molecule has 1 saturated carbocycles. The summed E-state index contributed by atoms with van der Waals surface area (Å²) in [5, 5.41) is 8.95. The van der Waals surface area contributed by atoms with Gasteiger partial charge in [-0.1, -0.05) is 0 Å². The lowest BCUT2D eigenvalue weighted by Crippen LogP contribution is -2.45. The molecule has 1 N–H and O–H groups in total. The number of carbonyl (C=O) groups is 2. The first-order chi connectivity index (χ1) is 9.75. The summed E-state index contributed by atoms with van der Waals surface area (Å²) in [6.07, 6.45) is 1.02. The number of benzene rings is 1. The van der Waals surface area contributed by atoms with Crippen molar-refractivity contribution in [1.82, 2.24) is 4.90 Å². The van der Waals surface area contributed by atoms with Crippen molar-refractivity contribution >= 4 is 11.9 Å². The van der Waals surface area contributed by atoms with Gasteiger partial charge in [-0.3, -0.25) is 4.79 Å². The molecule has 0 radical (unpaired) electrons. The average molecular weight is 305 g/mol. The minimum absolute atomic E-state index is 0.236. The topological polar surface area (TPSA) is 57.6 Å². The molecule has 1 aliphatic rings. The van der Waals surface area contributed by atoms with Crippen molar-refractivity contribution in [2.45, 2.75) is 31.8 Å². The van der Waals surface area contributed by atoms with E-state index in [2.05, 4.69) is 0 Å². The second kappa shape index (κ2) is 5.34. The predicted molar refractivity (Wildman–Crippen MR) is 62.6 cm³/mol. The summed E-state index contributed by atoms with van der Waals surface area (Å²) in [5.74, 6) is -10.2. The molecule has 0 spiro atoms. The van der Waals surface area contributed by atoms with Crippen LogP contribution in [0.1, 0.15) is 30.1 Å². The zero-order valence-electron chi connectivity index (χ0n) is 10.9. The van der Waals surface area contributed by atoms with Gasteiger partial charge in [0.1, 0.15) is 6.04 Å². The number of halogens is 4. The van der Waals surface area contributed by atoms with E-state index in [0.29, 0.717) is 12.8 Å². The van der Waals surface area contributed by atoms with Gasteiger partial charge in [0.15, 0.2) is 23.3 Å². The highest BCUT2D eigenvalue weighted by molar-refractivity contribution is 5.97. The maximum Gasteiger partial charge on any atom is 0.326 e. The summed E-state index contributed by atoms with van der Waals surface area (Å²) in [7, 11) is 0. The van der Waals surface area contributed by atoms with Gasteiger partial charge < -0.3 is 10.0 Å². The number of amides is 1. The third kappa shape index (κ3) is 2.70. The lowest BCUT2D eigenvalue weighted by atomic mass is 10.1. The Balaban J connectivity index is 2.45. The molecule has 1 atom stereocenters. The fourth-order valence-electron chi connectivity index (χ4n) is 2.00. The number of carboxylic acids is 1. The predicted octanol–water partition coefficient (Wildman–Crippen LogP) is 2.32. The maximum absolute atomic E-state index is 13.6. The maximum atomic E-state index is 13.6. The van der Waals surface area contributed by atoms with Crippen molar-refractivity contribution in [1.29, 1.82) is 0 Å².